The van der Waals surface area contributed by atoms with Gasteiger partial charge >= 0.3 is 0 Å². The molecule has 4 heteroatoms. The van der Waals surface area contributed by atoms with E-state index >= 15 is 0 Å². The van der Waals surface area contributed by atoms with Crippen LogP contribution in [0.15, 0.2) is 6.07 Å². The maximum Gasteiger partial charge on any atom is 0.224 e. The Balaban J connectivity index is 2.07. The van der Waals surface area contributed by atoms with Crippen molar-refractivity contribution < 1.29 is 0 Å². The zero-order valence-electron chi connectivity index (χ0n) is 19.7. The average molecular weight is 405 g/mol. The Morgan fingerprint density at radius 3 is 1.55 bits per heavy atom. The summed E-state index contributed by atoms with van der Waals surface area (Å²) in [5, 5.41) is 6.88. The average Bonchev–Trinajstić information content (AvgIpc) is 2.71. The zero-order valence-corrected chi connectivity index (χ0v) is 19.7. The van der Waals surface area contributed by atoms with Crippen molar-refractivity contribution in [1.82, 2.24) is 9.97 Å². The number of nitrogens with one attached hydrogen (secondary N) is 2. The van der Waals surface area contributed by atoms with Gasteiger partial charge < -0.3 is 10.6 Å². The first-order valence-electron chi connectivity index (χ1n) is 12.6. The van der Waals surface area contributed by atoms with Crippen molar-refractivity contribution in [3.8, 4) is 0 Å². The summed E-state index contributed by atoms with van der Waals surface area (Å²) in [5.74, 6) is 1.73. The summed E-state index contributed by atoms with van der Waals surface area (Å²) in [6, 6.07) is 2.05. The largest absolute Gasteiger partial charge is 0.370 e. The quantitative estimate of drug-likeness (QED) is 0.217. The molecule has 0 atom stereocenters. The predicted molar refractivity (Wildman–Crippen MR) is 129 cm³/mol. The molecular weight excluding hydrogens is 356 g/mol. The molecule has 0 aliphatic rings. The smallest absolute Gasteiger partial charge is 0.224 e. The highest BCUT2D eigenvalue weighted by Gasteiger charge is 2.02. The van der Waals surface area contributed by atoms with E-state index in [1.54, 1.807) is 0 Å². The molecule has 0 bridgehead atoms. The van der Waals surface area contributed by atoms with Crippen LogP contribution in [-0.4, -0.2) is 23.1 Å². The molecule has 4 nitrogen and oxygen atoms in total. The lowest BCUT2D eigenvalue weighted by atomic mass is 10.1. The van der Waals surface area contributed by atoms with Gasteiger partial charge in [0, 0.05) is 24.8 Å². The van der Waals surface area contributed by atoms with Crippen molar-refractivity contribution in [2.24, 2.45) is 0 Å². The number of aromatic nitrogens is 2. The van der Waals surface area contributed by atoms with E-state index in [4.69, 9.17) is 0 Å². The van der Waals surface area contributed by atoms with Gasteiger partial charge in [0.2, 0.25) is 5.95 Å². The van der Waals surface area contributed by atoms with Crippen molar-refractivity contribution >= 4 is 11.8 Å². The number of aryl methyl sites for hydroxylation is 1. The molecule has 0 fully saturated rings. The third-order valence-electron chi connectivity index (χ3n) is 5.50. The number of nitrogens with zero attached hydrogens (tertiary/aromatic N) is 2. The van der Waals surface area contributed by atoms with Crippen molar-refractivity contribution in [1.29, 1.82) is 0 Å². The Kier molecular flexibility index (Phi) is 16.6. The summed E-state index contributed by atoms with van der Waals surface area (Å²) in [6.07, 6.45) is 21.6. The molecule has 0 amide bonds. The molecule has 0 saturated heterocycles. The van der Waals surface area contributed by atoms with E-state index < -0.39 is 0 Å². The number of unbranched alkanes of at least 4 members (excludes halogenated alkanes) is 14. The van der Waals surface area contributed by atoms with Gasteiger partial charge in [-0.1, -0.05) is 104 Å². The highest BCUT2D eigenvalue weighted by molar-refractivity contribution is 5.42. The molecule has 29 heavy (non-hydrogen) atoms. The Hall–Kier alpha value is -1.32. The fourth-order valence-corrected chi connectivity index (χ4v) is 3.67. The number of rotatable bonds is 20. The van der Waals surface area contributed by atoms with Gasteiger partial charge in [0.05, 0.1) is 0 Å². The molecule has 0 radical (unpaired) electrons. The minimum atomic E-state index is 0.768. The van der Waals surface area contributed by atoms with Crippen LogP contribution in [0.4, 0.5) is 11.8 Å². The summed E-state index contributed by atoms with van der Waals surface area (Å²) in [6.45, 7) is 8.56. The first-order chi connectivity index (χ1) is 14.3. The van der Waals surface area contributed by atoms with Crippen LogP contribution in [0.1, 0.15) is 122 Å². The van der Waals surface area contributed by atoms with E-state index in [1.807, 2.05) is 13.0 Å². The summed E-state index contributed by atoms with van der Waals surface area (Å²) in [5.41, 5.74) is 1.02. The third-order valence-corrected chi connectivity index (χ3v) is 5.50. The van der Waals surface area contributed by atoms with E-state index in [0.717, 1.165) is 30.5 Å². The number of anilines is 2. The molecule has 0 aliphatic carbocycles. The zero-order chi connectivity index (χ0) is 21.0. The number of hydrogen-bond donors (Lipinski definition) is 2. The first-order valence-corrected chi connectivity index (χ1v) is 12.6. The summed E-state index contributed by atoms with van der Waals surface area (Å²) in [7, 11) is 0. The Morgan fingerprint density at radius 2 is 1.03 bits per heavy atom. The molecule has 1 heterocycles. The maximum absolute atomic E-state index is 4.63. The molecule has 0 aromatic carbocycles. The van der Waals surface area contributed by atoms with Crippen molar-refractivity contribution in [3.05, 3.63) is 11.8 Å². The van der Waals surface area contributed by atoms with Crippen LogP contribution in [0.25, 0.3) is 0 Å². The third kappa shape index (κ3) is 15.2. The second-order valence-electron chi connectivity index (χ2n) is 8.52. The van der Waals surface area contributed by atoms with Crippen LogP contribution in [0, 0.1) is 6.92 Å². The topological polar surface area (TPSA) is 49.8 Å². The molecular formula is C25H48N4. The van der Waals surface area contributed by atoms with Crippen LogP contribution in [-0.2, 0) is 0 Å². The summed E-state index contributed by atoms with van der Waals surface area (Å²) in [4.78, 5) is 9.15. The molecule has 0 unspecified atom stereocenters. The molecule has 0 aliphatic heterocycles. The number of hydrogen-bond acceptors (Lipinski definition) is 4. The lowest BCUT2D eigenvalue weighted by Gasteiger charge is -2.10. The van der Waals surface area contributed by atoms with Gasteiger partial charge in [-0.05, 0) is 19.8 Å². The molecule has 168 valence electrons. The van der Waals surface area contributed by atoms with Gasteiger partial charge in [0.15, 0.2) is 0 Å². The van der Waals surface area contributed by atoms with Gasteiger partial charge in [0.25, 0.3) is 0 Å². The summed E-state index contributed by atoms with van der Waals surface area (Å²) < 4.78 is 0. The molecule has 0 spiro atoms. The Bertz CT molecular complexity index is 490. The normalized spacial score (nSPS) is 11.0. The fraction of sp³-hybridized carbons (Fsp3) is 0.840. The fourth-order valence-electron chi connectivity index (χ4n) is 3.67. The Labute approximate surface area is 181 Å². The molecule has 1 aromatic rings. The van der Waals surface area contributed by atoms with E-state index in [1.165, 1.54) is 103 Å². The predicted octanol–water partition coefficient (Wildman–Crippen LogP) is 7.89. The second-order valence-corrected chi connectivity index (χ2v) is 8.52. The molecule has 1 rings (SSSR count). The maximum atomic E-state index is 4.63. The van der Waals surface area contributed by atoms with Gasteiger partial charge in [-0.15, -0.1) is 0 Å². The van der Waals surface area contributed by atoms with Gasteiger partial charge in [-0.25, -0.2) is 4.98 Å². The lowest BCUT2D eigenvalue weighted by Crippen LogP contribution is -2.09. The molecule has 1 aromatic heterocycles. The van der Waals surface area contributed by atoms with Crippen LogP contribution < -0.4 is 10.6 Å². The minimum absolute atomic E-state index is 0.768. The highest BCUT2D eigenvalue weighted by Crippen LogP contribution is 2.13. The van der Waals surface area contributed by atoms with Crippen LogP contribution in [0.5, 0.6) is 0 Å². The minimum Gasteiger partial charge on any atom is -0.370 e. The van der Waals surface area contributed by atoms with E-state index in [9.17, 15) is 0 Å². The van der Waals surface area contributed by atoms with E-state index in [-0.39, 0.29) is 0 Å². The van der Waals surface area contributed by atoms with Crippen LogP contribution in [0.2, 0.25) is 0 Å². The van der Waals surface area contributed by atoms with E-state index in [2.05, 4.69) is 34.4 Å². The molecule has 0 saturated carbocycles. The monoisotopic (exact) mass is 404 g/mol. The molecule has 2 N–H and O–H groups in total. The van der Waals surface area contributed by atoms with Gasteiger partial charge in [0.1, 0.15) is 5.82 Å². The van der Waals surface area contributed by atoms with Crippen molar-refractivity contribution in [3.63, 3.8) is 0 Å². The van der Waals surface area contributed by atoms with Gasteiger partial charge in [-0.3, -0.25) is 0 Å². The second kappa shape index (κ2) is 18.7. The Morgan fingerprint density at radius 1 is 0.586 bits per heavy atom. The standard InChI is InChI=1S/C25H48N4/c1-4-6-8-10-12-13-14-15-17-18-20-26-24-22-23(3)28-25(29-24)27-21-19-16-11-9-7-5-2/h22H,4-21H2,1-3H3,(H2,26,27,28,29). The van der Waals surface area contributed by atoms with Crippen molar-refractivity contribution in [2.45, 2.75) is 124 Å². The lowest BCUT2D eigenvalue weighted by molar-refractivity contribution is 0.560. The van der Waals surface area contributed by atoms with E-state index in [0.29, 0.717) is 0 Å². The van der Waals surface area contributed by atoms with Crippen molar-refractivity contribution in [2.75, 3.05) is 23.7 Å². The van der Waals surface area contributed by atoms with Gasteiger partial charge in [-0.2, -0.15) is 4.98 Å². The SMILES string of the molecule is CCCCCCCCCCCCNc1cc(C)nc(NCCCCCCCC)n1. The van der Waals surface area contributed by atoms with Crippen LogP contribution >= 0.6 is 0 Å². The van der Waals surface area contributed by atoms with Crippen LogP contribution in [0.3, 0.4) is 0 Å². The summed E-state index contributed by atoms with van der Waals surface area (Å²) >= 11 is 0. The highest BCUT2D eigenvalue weighted by atomic mass is 15.1. The first kappa shape index (κ1) is 25.7.